The molecular weight excluding hydrogens is 218 g/mol. The van der Waals surface area contributed by atoms with Crippen LogP contribution in [0.2, 0.25) is 0 Å². The summed E-state index contributed by atoms with van der Waals surface area (Å²) in [5.41, 5.74) is 6.54. The Morgan fingerprint density at radius 1 is 1.12 bits per heavy atom. The zero-order valence-corrected chi connectivity index (χ0v) is 8.78. The van der Waals surface area contributed by atoms with Crippen molar-refractivity contribution < 1.29 is 0 Å². The fourth-order valence-electron chi connectivity index (χ4n) is 1.44. The van der Waals surface area contributed by atoms with E-state index in [4.69, 9.17) is 5.73 Å². The molecule has 0 aliphatic rings. The Morgan fingerprint density at radius 3 is 2.71 bits per heavy atom. The third-order valence-corrected chi connectivity index (χ3v) is 2.20. The molecule has 7 nitrogen and oxygen atoms in total. The molecule has 0 saturated carbocycles. The van der Waals surface area contributed by atoms with Gasteiger partial charge < -0.3 is 11.1 Å². The Balaban J connectivity index is 1.99. The summed E-state index contributed by atoms with van der Waals surface area (Å²) < 4.78 is 1.38. The van der Waals surface area contributed by atoms with E-state index in [1.54, 1.807) is 0 Å². The zero-order chi connectivity index (χ0) is 11.7. The molecule has 84 valence electrons. The Kier molecular flexibility index (Phi) is 2.08. The van der Waals surface area contributed by atoms with E-state index in [9.17, 15) is 0 Å². The van der Waals surface area contributed by atoms with E-state index in [0.29, 0.717) is 11.7 Å². The van der Waals surface area contributed by atoms with Gasteiger partial charge in [0.05, 0.1) is 0 Å². The van der Waals surface area contributed by atoms with Crippen molar-refractivity contribution in [3.05, 3.63) is 36.7 Å². The van der Waals surface area contributed by atoms with Crippen molar-refractivity contribution in [1.82, 2.24) is 24.6 Å². The highest BCUT2D eigenvalue weighted by atomic mass is 15.4. The summed E-state index contributed by atoms with van der Waals surface area (Å²) in [6, 6.07) is 9.62. The van der Waals surface area contributed by atoms with Crippen LogP contribution >= 0.6 is 0 Å². The second-order valence-corrected chi connectivity index (χ2v) is 3.37. The topological polar surface area (TPSA) is 94.0 Å². The first-order valence-electron chi connectivity index (χ1n) is 4.98. The Bertz CT molecular complexity index is 646. The lowest BCUT2D eigenvalue weighted by molar-refractivity contribution is 0.911. The van der Waals surface area contributed by atoms with Crippen molar-refractivity contribution >= 4 is 23.4 Å². The van der Waals surface area contributed by atoms with Crippen LogP contribution in [0.5, 0.6) is 0 Å². The number of nitrogens with two attached hydrogens (primary N) is 1. The summed E-state index contributed by atoms with van der Waals surface area (Å²) in [5, 5.41) is 7.21. The fourth-order valence-corrected chi connectivity index (χ4v) is 1.44. The van der Waals surface area contributed by atoms with Gasteiger partial charge in [0.1, 0.15) is 6.33 Å². The molecule has 0 bridgehead atoms. The molecule has 0 spiro atoms. The van der Waals surface area contributed by atoms with Gasteiger partial charge >= 0.3 is 0 Å². The molecule has 2 heterocycles. The summed E-state index contributed by atoms with van der Waals surface area (Å²) >= 11 is 0. The van der Waals surface area contributed by atoms with Crippen LogP contribution in [0, 0.1) is 0 Å². The fraction of sp³-hybridized carbons (Fsp3) is 0. The zero-order valence-electron chi connectivity index (χ0n) is 8.78. The van der Waals surface area contributed by atoms with Crippen LogP contribution < -0.4 is 11.1 Å². The highest BCUT2D eigenvalue weighted by molar-refractivity contribution is 5.54. The Labute approximate surface area is 96.3 Å². The third-order valence-electron chi connectivity index (χ3n) is 2.20. The summed E-state index contributed by atoms with van der Waals surface area (Å²) in [6.07, 6.45) is 1.35. The van der Waals surface area contributed by atoms with Gasteiger partial charge in [-0.3, -0.25) is 0 Å². The van der Waals surface area contributed by atoms with Gasteiger partial charge in [-0.05, 0) is 12.1 Å². The molecule has 0 aliphatic carbocycles. The van der Waals surface area contributed by atoms with Crippen molar-refractivity contribution in [2.45, 2.75) is 0 Å². The summed E-state index contributed by atoms with van der Waals surface area (Å²) in [5.74, 6) is 1.10. The van der Waals surface area contributed by atoms with Gasteiger partial charge in [-0.15, -0.1) is 5.10 Å². The highest BCUT2D eigenvalue weighted by Gasteiger charge is 2.06. The highest BCUT2D eigenvalue weighted by Crippen LogP contribution is 2.12. The molecule has 1 aromatic carbocycles. The van der Waals surface area contributed by atoms with E-state index in [1.807, 2.05) is 30.3 Å². The average molecular weight is 227 g/mol. The summed E-state index contributed by atoms with van der Waals surface area (Å²) in [4.78, 5) is 12.0. The number of anilines is 3. The monoisotopic (exact) mass is 227 g/mol. The number of aromatic nitrogens is 5. The van der Waals surface area contributed by atoms with Crippen molar-refractivity contribution in [2.24, 2.45) is 0 Å². The summed E-state index contributed by atoms with van der Waals surface area (Å²) in [6.45, 7) is 0. The van der Waals surface area contributed by atoms with Crippen LogP contribution in [0.4, 0.5) is 17.6 Å². The van der Waals surface area contributed by atoms with Gasteiger partial charge in [0.2, 0.25) is 11.9 Å². The van der Waals surface area contributed by atoms with Crippen molar-refractivity contribution in [3.63, 3.8) is 0 Å². The molecule has 0 fully saturated rings. The molecule has 0 aliphatic heterocycles. The number of fused-ring (bicyclic) bond motifs is 1. The molecule has 0 radical (unpaired) electrons. The number of nitrogen functional groups attached to an aromatic ring is 1. The largest absolute Gasteiger partial charge is 0.368 e. The van der Waals surface area contributed by atoms with E-state index < -0.39 is 0 Å². The lowest BCUT2D eigenvalue weighted by Crippen LogP contribution is -2.02. The quantitative estimate of drug-likeness (QED) is 0.673. The van der Waals surface area contributed by atoms with E-state index in [-0.39, 0.29) is 5.95 Å². The predicted octanol–water partition coefficient (Wildman–Crippen LogP) is 0.845. The van der Waals surface area contributed by atoms with Crippen molar-refractivity contribution in [3.8, 4) is 0 Å². The van der Waals surface area contributed by atoms with E-state index in [1.165, 1.54) is 10.8 Å². The lowest BCUT2D eigenvalue weighted by atomic mass is 10.3. The SMILES string of the molecule is Nc1ncnc2nc(Nc3ccccc3)nn12. The molecule has 0 atom stereocenters. The van der Waals surface area contributed by atoms with Crippen LogP contribution in [0.15, 0.2) is 36.7 Å². The van der Waals surface area contributed by atoms with Gasteiger partial charge in [0.15, 0.2) is 0 Å². The number of hydrogen-bond acceptors (Lipinski definition) is 6. The van der Waals surface area contributed by atoms with Crippen molar-refractivity contribution in [2.75, 3.05) is 11.1 Å². The second-order valence-electron chi connectivity index (χ2n) is 3.37. The number of hydrogen-bond donors (Lipinski definition) is 2. The number of nitrogens with one attached hydrogen (secondary N) is 1. The average Bonchev–Trinajstić information content (AvgIpc) is 2.74. The Morgan fingerprint density at radius 2 is 1.94 bits per heavy atom. The minimum atomic E-state index is 0.253. The first-order chi connectivity index (χ1) is 8.33. The molecular formula is C10H9N7. The number of rotatable bonds is 2. The third kappa shape index (κ3) is 1.73. The molecule has 3 aromatic rings. The number of para-hydroxylation sites is 1. The molecule has 2 aromatic heterocycles. The van der Waals surface area contributed by atoms with Gasteiger partial charge in [-0.1, -0.05) is 18.2 Å². The van der Waals surface area contributed by atoms with Gasteiger partial charge in [-0.2, -0.15) is 14.5 Å². The van der Waals surface area contributed by atoms with Crippen molar-refractivity contribution in [1.29, 1.82) is 0 Å². The van der Waals surface area contributed by atoms with Crippen LogP contribution in [-0.4, -0.2) is 24.6 Å². The predicted molar refractivity (Wildman–Crippen MR) is 62.7 cm³/mol. The van der Waals surface area contributed by atoms with Crippen LogP contribution in [-0.2, 0) is 0 Å². The molecule has 0 saturated heterocycles. The smallest absolute Gasteiger partial charge is 0.258 e. The first-order valence-corrected chi connectivity index (χ1v) is 4.98. The molecule has 17 heavy (non-hydrogen) atoms. The maximum Gasteiger partial charge on any atom is 0.258 e. The molecule has 3 rings (SSSR count). The standard InChI is InChI=1S/C10H9N7/c11-8-12-6-13-10-15-9(16-17(8)10)14-7-4-2-1-3-5-7/h1-6H,(H3,11,12,13,14,15,16). The molecule has 3 N–H and O–H groups in total. The normalized spacial score (nSPS) is 10.6. The Hall–Kier alpha value is -2.70. The minimum Gasteiger partial charge on any atom is -0.368 e. The molecule has 7 heteroatoms. The van der Waals surface area contributed by atoms with Gasteiger partial charge in [0, 0.05) is 5.69 Å². The van der Waals surface area contributed by atoms with Gasteiger partial charge in [-0.25, -0.2) is 4.98 Å². The second kappa shape index (κ2) is 3.71. The number of benzene rings is 1. The summed E-state index contributed by atoms with van der Waals surface area (Å²) in [7, 11) is 0. The number of nitrogens with zero attached hydrogens (tertiary/aromatic N) is 5. The molecule has 0 amide bonds. The van der Waals surface area contributed by atoms with E-state index >= 15 is 0 Å². The van der Waals surface area contributed by atoms with Crippen LogP contribution in [0.25, 0.3) is 5.78 Å². The minimum absolute atomic E-state index is 0.253. The first kappa shape index (κ1) is 9.52. The molecule has 0 unspecified atom stereocenters. The van der Waals surface area contributed by atoms with E-state index in [2.05, 4.69) is 25.4 Å². The van der Waals surface area contributed by atoms with Gasteiger partial charge in [0.25, 0.3) is 5.78 Å². The van der Waals surface area contributed by atoms with E-state index in [0.717, 1.165) is 5.69 Å². The van der Waals surface area contributed by atoms with Crippen LogP contribution in [0.1, 0.15) is 0 Å². The lowest BCUT2D eigenvalue weighted by Gasteiger charge is -1.98. The maximum absolute atomic E-state index is 5.64. The van der Waals surface area contributed by atoms with Crippen LogP contribution in [0.3, 0.4) is 0 Å². The maximum atomic E-state index is 5.64.